The second-order valence-corrected chi connectivity index (χ2v) is 5.86. The number of aliphatic hydroxyl groups is 1. The average Bonchev–Trinajstić information content (AvgIpc) is 2.87. The minimum Gasteiger partial charge on any atom is -0.389 e. The van der Waals surface area contributed by atoms with Gasteiger partial charge in [0.25, 0.3) is 0 Å². The van der Waals surface area contributed by atoms with Crippen molar-refractivity contribution >= 4 is 10.9 Å². The van der Waals surface area contributed by atoms with Gasteiger partial charge >= 0.3 is 0 Å². The Kier molecular flexibility index (Phi) is 4.46. The molecule has 0 aliphatic carbocycles. The van der Waals surface area contributed by atoms with Gasteiger partial charge in [-0.25, -0.2) is 4.39 Å². The van der Waals surface area contributed by atoms with Gasteiger partial charge in [-0.2, -0.15) is 0 Å². The maximum Gasteiger partial charge on any atom is 0.123 e. The van der Waals surface area contributed by atoms with E-state index >= 15 is 0 Å². The third kappa shape index (κ3) is 3.00. The molecule has 3 rings (SSSR count). The first-order valence-electron chi connectivity index (χ1n) is 7.76. The minimum absolute atomic E-state index is 0.274. The molecule has 2 N–H and O–H groups in total. The summed E-state index contributed by atoms with van der Waals surface area (Å²) in [5, 5.41) is 14.9. The summed E-state index contributed by atoms with van der Waals surface area (Å²) in [6, 6.07) is 14.2. The third-order valence-corrected chi connectivity index (χ3v) is 4.23. The van der Waals surface area contributed by atoms with Gasteiger partial charge in [0.05, 0.1) is 12.1 Å². The fourth-order valence-electron chi connectivity index (χ4n) is 3.16. The van der Waals surface area contributed by atoms with Gasteiger partial charge in [-0.05, 0) is 43.3 Å². The van der Waals surface area contributed by atoms with E-state index in [1.165, 1.54) is 12.1 Å². The molecule has 0 spiro atoms. The molecule has 120 valence electrons. The molecule has 4 heteroatoms. The molecular formula is C19H21FN2O. The Morgan fingerprint density at radius 3 is 2.52 bits per heavy atom. The number of hydrogen-bond acceptors (Lipinski definition) is 2. The lowest BCUT2D eigenvalue weighted by Gasteiger charge is -2.26. The van der Waals surface area contributed by atoms with Crippen LogP contribution in [0.2, 0.25) is 0 Å². The van der Waals surface area contributed by atoms with Gasteiger partial charge in [-0.1, -0.05) is 30.3 Å². The van der Waals surface area contributed by atoms with Crippen LogP contribution in [0.25, 0.3) is 10.9 Å². The standard InChI is InChI=1S/C19H21FN2O/c1-13-12-22(17-6-4-3-5-16(13)17)19(18(23)11-21-2)14-7-9-15(20)10-8-14/h3-10,12,18-19,21,23H,11H2,1-2H3/t18-,19+/m1/s1. The van der Waals surface area contributed by atoms with Gasteiger partial charge < -0.3 is 15.0 Å². The number of nitrogens with one attached hydrogen (secondary N) is 1. The van der Waals surface area contributed by atoms with Crippen molar-refractivity contribution < 1.29 is 9.50 Å². The highest BCUT2D eigenvalue weighted by Crippen LogP contribution is 2.30. The molecule has 3 nitrogen and oxygen atoms in total. The molecule has 0 amide bonds. The van der Waals surface area contributed by atoms with Crippen molar-refractivity contribution in [1.29, 1.82) is 0 Å². The highest BCUT2D eigenvalue weighted by molar-refractivity contribution is 5.84. The lowest BCUT2D eigenvalue weighted by Crippen LogP contribution is -2.33. The monoisotopic (exact) mass is 312 g/mol. The zero-order valence-corrected chi connectivity index (χ0v) is 13.3. The number of nitrogens with zero attached hydrogens (tertiary/aromatic N) is 1. The number of fused-ring (bicyclic) bond motifs is 1. The van der Waals surface area contributed by atoms with E-state index in [0.717, 1.165) is 22.0 Å². The van der Waals surface area contributed by atoms with E-state index in [1.807, 2.05) is 25.2 Å². The molecule has 0 saturated heterocycles. The number of aliphatic hydroxyl groups excluding tert-OH is 1. The van der Waals surface area contributed by atoms with Crippen molar-refractivity contribution in [2.24, 2.45) is 0 Å². The van der Waals surface area contributed by atoms with Crippen LogP contribution in [0.1, 0.15) is 17.2 Å². The summed E-state index contributed by atoms with van der Waals surface area (Å²) in [6.45, 7) is 2.51. The van der Waals surface area contributed by atoms with E-state index in [-0.39, 0.29) is 11.9 Å². The number of para-hydroxylation sites is 1. The molecular weight excluding hydrogens is 291 g/mol. The predicted octanol–water partition coefficient (Wildman–Crippen LogP) is 3.26. The third-order valence-electron chi connectivity index (χ3n) is 4.23. The Labute approximate surface area is 135 Å². The summed E-state index contributed by atoms with van der Waals surface area (Å²) in [5.41, 5.74) is 3.11. The zero-order chi connectivity index (χ0) is 16.4. The first-order valence-corrected chi connectivity index (χ1v) is 7.76. The van der Waals surface area contributed by atoms with Gasteiger partial charge in [-0.3, -0.25) is 0 Å². The van der Waals surface area contributed by atoms with Crippen molar-refractivity contribution in [2.45, 2.75) is 19.1 Å². The Morgan fingerprint density at radius 1 is 1.13 bits per heavy atom. The number of rotatable bonds is 5. The second-order valence-electron chi connectivity index (χ2n) is 5.86. The van der Waals surface area contributed by atoms with E-state index < -0.39 is 6.10 Å². The van der Waals surface area contributed by atoms with Gasteiger partial charge in [0, 0.05) is 23.6 Å². The van der Waals surface area contributed by atoms with Crippen LogP contribution in [0.3, 0.4) is 0 Å². The van der Waals surface area contributed by atoms with Crippen LogP contribution in [0, 0.1) is 12.7 Å². The van der Waals surface area contributed by atoms with E-state index in [2.05, 4.69) is 29.1 Å². The van der Waals surface area contributed by atoms with Crippen molar-refractivity contribution in [3.63, 3.8) is 0 Å². The summed E-state index contributed by atoms with van der Waals surface area (Å²) in [5.74, 6) is -0.274. The van der Waals surface area contributed by atoms with Crippen LogP contribution in [0.4, 0.5) is 4.39 Å². The summed E-state index contributed by atoms with van der Waals surface area (Å²) in [4.78, 5) is 0. The minimum atomic E-state index is -0.624. The fourth-order valence-corrected chi connectivity index (χ4v) is 3.16. The highest BCUT2D eigenvalue weighted by Gasteiger charge is 2.24. The molecule has 0 unspecified atom stereocenters. The van der Waals surface area contributed by atoms with Gasteiger partial charge in [0.15, 0.2) is 0 Å². The first-order chi connectivity index (χ1) is 11.1. The SMILES string of the molecule is CNC[C@@H](O)[C@H](c1ccc(F)cc1)n1cc(C)c2ccccc21. The maximum absolute atomic E-state index is 13.3. The van der Waals surface area contributed by atoms with E-state index in [9.17, 15) is 9.50 Å². The molecule has 2 aromatic carbocycles. The molecule has 0 aliphatic heterocycles. The lowest BCUT2D eigenvalue weighted by molar-refractivity contribution is 0.132. The molecule has 0 saturated carbocycles. The number of halogens is 1. The van der Waals surface area contributed by atoms with E-state index in [4.69, 9.17) is 0 Å². The fraction of sp³-hybridized carbons (Fsp3) is 0.263. The normalized spacial score (nSPS) is 14.1. The van der Waals surface area contributed by atoms with Crippen molar-refractivity contribution in [3.8, 4) is 0 Å². The van der Waals surface area contributed by atoms with Crippen LogP contribution in [-0.4, -0.2) is 29.4 Å². The summed E-state index contributed by atoms with van der Waals surface area (Å²) in [7, 11) is 1.81. The van der Waals surface area contributed by atoms with Crippen LogP contribution in [-0.2, 0) is 0 Å². The molecule has 1 heterocycles. The molecule has 1 aromatic heterocycles. The first kappa shape index (κ1) is 15.7. The number of benzene rings is 2. The number of aryl methyl sites for hydroxylation is 1. The van der Waals surface area contributed by atoms with Crippen LogP contribution >= 0.6 is 0 Å². The second kappa shape index (κ2) is 6.52. The molecule has 0 bridgehead atoms. The van der Waals surface area contributed by atoms with Crippen LogP contribution in [0.15, 0.2) is 54.7 Å². The summed E-state index contributed by atoms with van der Waals surface area (Å²) < 4.78 is 15.4. The van der Waals surface area contributed by atoms with Gasteiger partial charge in [0.2, 0.25) is 0 Å². The van der Waals surface area contributed by atoms with Crippen molar-refractivity contribution in [1.82, 2.24) is 9.88 Å². The topological polar surface area (TPSA) is 37.2 Å². The number of likely N-dealkylation sites (N-methyl/N-ethyl adjacent to an activating group) is 1. The molecule has 2 atom stereocenters. The molecule has 0 fully saturated rings. The quantitative estimate of drug-likeness (QED) is 0.759. The van der Waals surface area contributed by atoms with Gasteiger partial charge in [0.1, 0.15) is 5.82 Å². The van der Waals surface area contributed by atoms with Gasteiger partial charge in [-0.15, -0.1) is 0 Å². The number of aromatic nitrogens is 1. The van der Waals surface area contributed by atoms with Crippen LogP contribution < -0.4 is 5.32 Å². The average molecular weight is 312 g/mol. The lowest BCUT2D eigenvalue weighted by atomic mass is 10.0. The smallest absolute Gasteiger partial charge is 0.123 e. The summed E-state index contributed by atoms with van der Waals surface area (Å²) >= 11 is 0. The Bertz CT molecular complexity index is 795. The predicted molar refractivity (Wildman–Crippen MR) is 91.1 cm³/mol. The van der Waals surface area contributed by atoms with Crippen LogP contribution in [0.5, 0.6) is 0 Å². The Hall–Kier alpha value is -2.17. The van der Waals surface area contributed by atoms with Crippen molar-refractivity contribution in [3.05, 3.63) is 71.7 Å². The van der Waals surface area contributed by atoms with E-state index in [1.54, 1.807) is 12.1 Å². The molecule has 3 aromatic rings. The Morgan fingerprint density at radius 2 is 1.83 bits per heavy atom. The Balaban J connectivity index is 2.15. The molecule has 23 heavy (non-hydrogen) atoms. The summed E-state index contributed by atoms with van der Waals surface area (Å²) in [6.07, 6.45) is 1.43. The molecule has 0 aliphatic rings. The largest absolute Gasteiger partial charge is 0.389 e. The van der Waals surface area contributed by atoms with E-state index in [0.29, 0.717) is 6.54 Å². The number of hydrogen-bond donors (Lipinski definition) is 2. The maximum atomic E-state index is 13.3. The molecule has 0 radical (unpaired) electrons. The zero-order valence-electron chi connectivity index (χ0n) is 13.3. The van der Waals surface area contributed by atoms with Crippen molar-refractivity contribution in [2.75, 3.05) is 13.6 Å². The highest BCUT2D eigenvalue weighted by atomic mass is 19.1.